The molecule has 0 atom stereocenters. The molecule has 0 saturated heterocycles. The molecular weight excluding hydrogens is 398 g/mol. The van der Waals surface area contributed by atoms with E-state index in [1.165, 1.54) is 13.2 Å². The summed E-state index contributed by atoms with van der Waals surface area (Å²) in [4.78, 5) is 24.4. The zero-order valence-corrected chi connectivity index (χ0v) is 18.8. The Hall–Kier alpha value is -3.48. The fourth-order valence-electron chi connectivity index (χ4n) is 2.79. The molecule has 1 N–H and O–H groups in total. The fourth-order valence-corrected chi connectivity index (χ4v) is 2.79. The second kappa shape index (κ2) is 10.5. The lowest BCUT2D eigenvalue weighted by molar-refractivity contribution is -0.136. The summed E-state index contributed by atoms with van der Waals surface area (Å²) in [5.74, 6) is 0.401. The van der Waals surface area contributed by atoms with Gasteiger partial charge in [-0.05, 0) is 62.6 Å². The number of carbonyl (C=O) groups is 2. The summed E-state index contributed by atoms with van der Waals surface area (Å²) in [6.45, 7) is 7.42. The van der Waals surface area contributed by atoms with E-state index in [9.17, 15) is 9.59 Å². The molecule has 166 valence electrons. The number of aryl methyl sites for hydroxylation is 1. The van der Waals surface area contributed by atoms with Gasteiger partial charge in [0, 0.05) is 0 Å². The number of rotatable bonds is 7. The van der Waals surface area contributed by atoms with Crippen molar-refractivity contribution in [3.8, 4) is 11.5 Å². The predicted octanol–water partition coefficient (Wildman–Crippen LogP) is 4.62. The third-order valence-electron chi connectivity index (χ3n) is 4.06. The first-order chi connectivity index (χ1) is 14.6. The van der Waals surface area contributed by atoms with Gasteiger partial charge in [-0.25, -0.2) is 9.59 Å². The highest BCUT2D eigenvalue weighted by Gasteiger charge is 2.20. The topological polar surface area (TPSA) is 83.1 Å². The Labute approximate surface area is 183 Å². The molecule has 2 aromatic rings. The van der Waals surface area contributed by atoms with Crippen molar-refractivity contribution >= 4 is 18.1 Å². The number of alkyl carbamates (subject to hydrolysis) is 1. The lowest BCUT2D eigenvalue weighted by Crippen LogP contribution is -2.34. The van der Waals surface area contributed by atoms with Crippen LogP contribution >= 0.6 is 0 Å². The number of hydrogen-bond acceptors (Lipinski definition) is 6. The predicted molar refractivity (Wildman–Crippen MR) is 118 cm³/mol. The van der Waals surface area contributed by atoms with Gasteiger partial charge >= 0.3 is 12.1 Å². The van der Waals surface area contributed by atoms with E-state index in [0.29, 0.717) is 23.7 Å². The monoisotopic (exact) mass is 427 g/mol. The van der Waals surface area contributed by atoms with Crippen LogP contribution in [-0.4, -0.2) is 31.9 Å². The smallest absolute Gasteiger partial charge is 0.412 e. The Bertz CT molecular complexity index is 945. The highest BCUT2D eigenvalue weighted by Crippen LogP contribution is 2.33. The van der Waals surface area contributed by atoms with Gasteiger partial charge in [-0.3, -0.25) is 5.32 Å². The van der Waals surface area contributed by atoms with Gasteiger partial charge in [-0.15, -0.1) is 0 Å². The number of nitrogens with one attached hydrogen (secondary N) is 1. The lowest BCUT2D eigenvalue weighted by Gasteiger charge is -2.20. The Morgan fingerprint density at radius 1 is 1.06 bits per heavy atom. The summed E-state index contributed by atoms with van der Waals surface area (Å²) < 4.78 is 21.5. The molecule has 7 heteroatoms. The van der Waals surface area contributed by atoms with Gasteiger partial charge in [-0.1, -0.05) is 30.3 Å². The summed E-state index contributed by atoms with van der Waals surface area (Å²) in [6, 6.07) is 13.3. The lowest BCUT2D eigenvalue weighted by atomic mass is 10.1. The molecule has 31 heavy (non-hydrogen) atoms. The van der Waals surface area contributed by atoms with Gasteiger partial charge in [0.1, 0.15) is 17.9 Å². The fraction of sp³-hybridized carbons (Fsp3) is 0.333. The van der Waals surface area contributed by atoms with Gasteiger partial charge in [0.15, 0.2) is 11.5 Å². The standard InChI is InChI=1S/C24H29NO6/c1-16-12-18(13-19(22(26)29-6)25-23(27)31-24(2,3)4)14-20(21(16)28-5)30-15-17-10-8-7-9-11-17/h7-14H,15H2,1-6H3,(H,25,27)/b19-13-. The number of benzene rings is 2. The first-order valence-electron chi connectivity index (χ1n) is 9.78. The maximum absolute atomic E-state index is 12.2. The molecule has 0 aliphatic rings. The van der Waals surface area contributed by atoms with Crippen molar-refractivity contribution in [1.29, 1.82) is 0 Å². The maximum atomic E-state index is 12.2. The van der Waals surface area contributed by atoms with E-state index < -0.39 is 17.7 Å². The van der Waals surface area contributed by atoms with Crippen molar-refractivity contribution in [3.05, 3.63) is 64.9 Å². The molecule has 0 fully saturated rings. The van der Waals surface area contributed by atoms with E-state index >= 15 is 0 Å². The SMILES string of the molecule is COC(=O)/C(=C/c1cc(C)c(OC)c(OCc2ccccc2)c1)NC(=O)OC(C)(C)C. The van der Waals surface area contributed by atoms with Gasteiger partial charge in [0.2, 0.25) is 0 Å². The van der Waals surface area contributed by atoms with Crippen molar-refractivity contribution in [2.24, 2.45) is 0 Å². The van der Waals surface area contributed by atoms with Gasteiger partial charge in [0.05, 0.1) is 14.2 Å². The van der Waals surface area contributed by atoms with Crippen LogP contribution < -0.4 is 14.8 Å². The summed E-state index contributed by atoms with van der Waals surface area (Å²) in [5.41, 5.74) is 1.67. The highest BCUT2D eigenvalue weighted by atomic mass is 16.6. The average molecular weight is 427 g/mol. The van der Waals surface area contributed by atoms with E-state index in [1.54, 1.807) is 33.9 Å². The molecule has 1 amide bonds. The van der Waals surface area contributed by atoms with Crippen LogP contribution in [0.1, 0.15) is 37.5 Å². The van der Waals surface area contributed by atoms with Crippen LogP contribution in [0.3, 0.4) is 0 Å². The quantitative estimate of drug-likeness (QED) is 0.513. The van der Waals surface area contributed by atoms with Crippen molar-refractivity contribution < 1.29 is 28.5 Å². The molecule has 2 rings (SSSR count). The van der Waals surface area contributed by atoms with Crippen LogP contribution in [0.4, 0.5) is 4.79 Å². The zero-order chi connectivity index (χ0) is 23.0. The molecule has 0 aliphatic carbocycles. The molecule has 0 spiro atoms. The maximum Gasteiger partial charge on any atom is 0.412 e. The van der Waals surface area contributed by atoms with Crippen LogP contribution in [-0.2, 0) is 20.9 Å². The highest BCUT2D eigenvalue weighted by molar-refractivity contribution is 5.96. The second-order valence-corrected chi connectivity index (χ2v) is 7.82. The molecule has 0 heterocycles. The molecule has 0 saturated carbocycles. The summed E-state index contributed by atoms with van der Waals surface area (Å²) in [7, 11) is 2.80. The Morgan fingerprint density at radius 3 is 2.32 bits per heavy atom. The third kappa shape index (κ3) is 7.37. The number of amides is 1. The Morgan fingerprint density at radius 2 is 1.74 bits per heavy atom. The van der Waals surface area contributed by atoms with E-state index in [2.05, 4.69) is 5.32 Å². The zero-order valence-electron chi connectivity index (χ0n) is 18.8. The number of carbonyl (C=O) groups excluding carboxylic acids is 2. The minimum absolute atomic E-state index is 0.0599. The molecule has 0 aliphatic heterocycles. The minimum Gasteiger partial charge on any atom is -0.493 e. The average Bonchev–Trinajstić information content (AvgIpc) is 2.70. The van der Waals surface area contributed by atoms with Crippen molar-refractivity contribution in [2.75, 3.05) is 14.2 Å². The third-order valence-corrected chi connectivity index (χ3v) is 4.06. The van der Waals surface area contributed by atoms with Crippen LogP contribution in [0.25, 0.3) is 6.08 Å². The van der Waals surface area contributed by atoms with E-state index in [1.807, 2.05) is 43.3 Å². The van der Waals surface area contributed by atoms with Crippen LogP contribution in [0, 0.1) is 6.92 Å². The summed E-state index contributed by atoms with van der Waals surface area (Å²) in [6.07, 6.45) is 0.743. The van der Waals surface area contributed by atoms with Crippen molar-refractivity contribution in [3.63, 3.8) is 0 Å². The normalized spacial score (nSPS) is 11.5. The molecule has 2 aromatic carbocycles. The van der Waals surface area contributed by atoms with Gasteiger partial charge < -0.3 is 18.9 Å². The van der Waals surface area contributed by atoms with Crippen molar-refractivity contribution in [1.82, 2.24) is 5.32 Å². The molecule has 0 aromatic heterocycles. The van der Waals surface area contributed by atoms with Crippen LogP contribution in [0.5, 0.6) is 11.5 Å². The number of methoxy groups -OCH3 is 2. The van der Waals surface area contributed by atoms with Gasteiger partial charge in [0.25, 0.3) is 0 Å². The number of hydrogen-bond donors (Lipinski definition) is 1. The Kier molecular flexibility index (Phi) is 8.07. The molecular formula is C24H29NO6. The largest absolute Gasteiger partial charge is 0.493 e. The first kappa shape index (κ1) is 23.8. The molecule has 0 radical (unpaired) electrons. The first-order valence-corrected chi connectivity index (χ1v) is 9.78. The van der Waals surface area contributed by atoms with Crippen molar-refractivity contribution in [2.45, 2.75) is 39.9 Å². The van der Waals surface area contributed by atoms with Crippen LogP contribution in [0.15, 0.2) is 48.2 Å². The van der Waals surface area contributed by atoms with Crippen LogP contribution in [0.2, 0.25) is 0 Å². The second-order valence-electron chi connectivity index (χ2n) is 7.82. The van der Waals surface area contributed by atoms with E-state index in [0.717, 1.165) is 11.1 Å². The van der Waals surface area contributed by atoms with E-state index in [4.69, 9.17) is 18.9 Å². The number of ether oxygens (including phenoxy) is 4. The molecule has 0 unspecified atom stereocenters. The molecule has 0 bridgehead atoms. The summed E-state index contributed by atoms with van der Waals surface area (Å²) in [5, 5.41) is 2.45. The summed E-state index contributed by atoms with van der Waals surface area (Å²) >= 11 is 0. The number of esters is 1. The Balaban J connectivity index is 2.34. The molecule has 7 nitrogen and oxygen atoms in total. The minimum atomic E-state index is -0.755. The van der Waals surface area contributed by atoms with E-state index in [-0.39, 0.29) is 5.70 Å². The van der Waals surface area contributed by atoms with Gasteiger partial charge in [-0.2, -0.15) is 0 Å².